The van der Waals surface area contributed by atoms with Gasteiger partial charge in [0.25, 0.3) is 0 Å². The van der Waals surface area contributed by atoms with Crippen LogP contribution in [0.3, 0.4) is 0 Å². The average molecular weight is 302 g/mol. The summed E-state index contributed by atoms with van der Waals surface area (Å²) in [7, 11) is 0. The Hall–Kier alpha value is -0.540. The third-order valence-electron chi connectivity index (χ3n) is 3.99. The van der Waals surface area contributed by atoms with Gasteiger partial charge in [-0.3, -0.25) is 0 Å². The maximum atomic E-state index is 6.14. The van der Waals surface area contributed by atoms with Gasteiger partial charge in [-0.25, -0.2) is 0 Å². The molecule has 5 heteroatoms. The molecular weight excluding hydrogens is 281 g/mol. The molecular formula is C14H21Cl2N3. The summed E-state index contributed by atoms with van der Waals surface area (Å²) in [5.41, 5.74) is 1.28. The molecule has 1 saturated heterocycles. The quantitative estimate of drug-likeness (QED) is 0.768. The number of anilines is 1. The molecule has 0 N–H and O–H groups in total. The number of hydrogen-bond donors (Lipinski definition) is 0. The largest absolute Gasteiger partial charge is 0.369 e. The summed E-state index contributed by atoms with van der Waals surface area (Å²) < 4.78 is 0. The Labute approximate surface area is 125 Å². The van der Waals surface area contributed by atoms with Crippen LogP contribution in [0, 0.1) is 11.3 Å². The zero-order valence-corrected chi connectivity index (χ0v) is 13.3. The first-order valence-corrected chi connectivity index (χ1v) is 7.57. The first kappa shape index (κ1) is 14.9. The molecule has 1 unspecified atom stereocenters. The van der Waals surface area contributed by atoms with E-state index >= 15 is 0 Å². The molecule has 0 saturated carbocycles. The van der Waals surface area contributed by atoms with Crippen molar-refractivity contribution in [2.24, 2.45) is 11.3 Å². The second-order valence-corrected chi connectivity index (χ2v) is 7.07. The van der Waals surface area contributed by atoms with Crippen LogP contribution in [-0.4, -0.2) is 23.3 Å². The molecule has 0 spiro atoms. The number of rotatable bonds is 1. The molecule has 19 heavy (non-hydrogen) atoms. The van der Waals surface area contributed by atoms with Gasteiger partial charge in [-0.05, 0) is 30.6 Å². The van der Waals surface area contributed by atoms with Crippen LogP contribution < -0.4 is 4.90 Å². The first-order valence-electron chi connectivity index (χ1n) is 6.81. The van der Waals surface area contributed by atoms with Crippen LogP contribution >= 0.6 is 23.2 Å². The van der Waals surface area contributed by atoms with Crippen LogP contribution in [0.2, 0.25) is 10.3 Å². The summed E-state index contributed by atoms with van der Waals surface area (Å²) in [6, 6.07) is 1.81. The van der Waals surface area contributed by atoms with Gasteiger partial charge in [0.05, 0.1) is 5.69 Å². The minimum Gasteiger partial charge on any atom is -0.369 e. The van der Waals surface area contributed by atoms with Gasteiger partial charge in [-0.15, -0.1) is 10.2 Å². The van der Waals surface area contributed by atoms with E-state index in [4.69, 9.17) is 23.2 Å². The van der Waals surface area contributed by atoms with Crippen molar-refractivity contribution in [3.63, 3.8) is 0 Å². The zero-order valence-electron chi connectivity index (χ0n) is 11.8. The molecule has 1 atom stereocenters. The standard InChI is InChI=1S/C14H21Cl2N3/c1-14(2,3)10-5-4-7-19(8-6-10)11-9-12(15)17-18-13(11)16/h9-10H,4-8H2,1-3H3. The minimum absolute atomic E-state index is 0.369. The van der Waals surface area contributed by atoms with E-state index in [1.807, 2.05) is 6.07 Å². The second kappa shape index (κ2) is 5.84. The van der Waals surface area contributed by atoms with Gasteiger partial charge in [0.15, 0.2) is 10.3 Å². The lowest BCUT2D eigenvalue weighted by molar-refractivity contribution is 0.220. The van der Waals surface area contributed by atoms with E-state index < -0.39 is 0 Å². The Morgan fingerprint density at radius 1 is 1.16 bits per heavy atom. The van der Waals surface area contributed by atoms with E-state index in [1.54, 1.807) is 0 Å². The van der Waals surface area contributed by atoms with Gasteiger partial charge in [0.2, 0.25) is 0 Å². The second-order valence-electron chi connectivity index (χ2n) is 6.32. The van der Waals surface area contributed by atoms with E-state index in [0.29, 0.717) is 15.7 Å². The lowest BCUT2D eigenvalue weighted by Crippen LogP contribution is -2.26. The van der Waals surface area contributed by atoms with Crippen molar-refractivity contribution in [3.05, 3.63) is 16.4 Å². The molecule has 1 aromatic heterocycles. The smallest absolute Gasteiger partial charge is 0.175 e. The summed E-state index contributed by atoms with van der Waals surface area (Å²) in [5.74, 6) is 0.751. The Bertz CT molecular complexity index is 443. The molecule has 1 aromatic rings. The molecule has 0 aliphatic carbocycles. The Kier molecular flexibility index (Phi) is 4.57. The fourth-order valence-electron chi connectivity index (χ4n) is 2.77. The van der Waals surface area contributed by atoms with Gasteiger partial charge in [-0.1, -0.05) is 44.0 Å². The minimum atomic E-state index is 0.369. The molecule has 0 radical (unpaired) electrons. The van der Waals surface area contributed by atoms with Crippen molar-refractivity contribution in [1.29, 1.82) is 0 Å². The maximum Gasteiger partial charge on any atom is 0.175 e. The van der Waals surface area contributed by atoms with Crippen molar-refractivity contribution < 1.29 is 0 Å². The van der Waals surface area contributed by atoms with Crippen LogP contribution in [0.4, 0.5) is 5.69 Å². The third kappa shape index (κ3) is 3.73. The zero-order chi connectivity index (χ0) is 14.0. The molecule has 1 aliphatic rings. The summed E-state index contributed by atoms with van der Waals surface area (Å²) in [5, 5.41) is 8.50. The topological polar surface area (TPSA) is 29.0 Å². The average Bonchev–Trinajstić information content (AvgIpc) is 2.57. The molecule has 2 heterocycles. The van der Waals surface area contributed by atoms with Gasteiger partial charge in [0, 0.05) is 19.2 Å². The SMILES string of the molecule is CC(C)(C)C1CCCN(c2cc(Cl)nnc2Cl)CC1. The summed E-state index contributed by atoms with van der Waals surface area (Å²) in [4.78, 5) is 2.29. The summed E-state index contributed by atoms with van der Waals surface area (Å²) in [6.07, 6.45) is 3.63. The van der Waals surface area contributed by atoms with E-state index in [1.165, 1.54) is 19.3 Å². The van der Waals surface area contributed by atoms with Crippen LogP contribution in [0.25, 0.3) is 0 Å². The highest BCUT2D eigenvalue weighted by Crippen LogP contribution is 2.36. The van der Waals surface area contributed by atoms with E-state index in [2.05, 4.69) is 35.9 Å². The molecule has 0 bridgehead atoms. The van der Waals surface area contributed by atoms with Gasteiger partial charge in [-0.2, -0.15) is 0 Å². The van der Waals surface area contributed by atoms with Crippen LogP contribution in [-0.2, 0) is 0 Å². The molecule has 1 fully saturated rings. The summed E-state index contributed by atoms with van der Waals surface area (Å²) >= 11 is 12.1. The van der Waals surface area contributed by atoms with Crippen molar-refractivity contribution in [2.45, 2.75) is 40.0 Å². The van der Waals surface area contributed by atoms with Gasteiger partial charge >= 0.3 is 0 Å². The number of halogens is 2. The maximum absolute atomic E-state index is 6.14. The lowest BCUT2D eigenvalue weighted by atomic mass is 9.77. The third-order valence-corrected chi connectivity index (χ3v) is 4.45. The van der Waals surface area contributed by atoms with Gasteiger partial charge < -0.3 is 4.90 Å². The fourth-order valence-corrected chi connectivity index (χ4v) is 3.12. The number of aromatic nitrogens is 2. The van der Waals surface area contributed by atoms with Crippen molar-refractivity contribution in [2.75, 3.05) is 18.0 Å². The molecule has 2 rings (SSSR count). The van der Waals surface area contributed by atoms with Crippen LogP contribution in [0.1, 0.15) is 40.0 Å². The van der Waals surface area contributed by atoms with Crippen molar-refractivity contribution in [1.82, 2.24) is 10.2 Å². The Morgan fingerprint density at radius 2 is 1.89 bits per heavy atom. The highest BCUT2D eigenvalue weighted by molar-refractivity contribution is 6.33. The normalized spacial score (nSPS) is 21.3. The van der Waals surface area contributed by atoms with E-state index in [9.17, 15) is 0 Å². The monoisotopic (exact) mass is 301 g/mol. The molecule has 1 aliphatic heterocycles. The highest BCUT2D eigenvalue weighted by Gasteiger charge is 2.27. The predicted molar refractivity (Wildman–Crippen MR) is 81.1 cm³/mol. The molecule has 106 valence electrons. The fraction of sp³-hybridized carbons (Fsp3) is 0.714. The van der Waals surface area contributed by atoms with E-state index in [0.717, 1.165) is 24.7 Å². The van der Waals surface area contributed by atoms with Crippen molar-refractivity contribution in [3.8, 4) is 0 Å². The van der Waals surface area contributed by atoms with Gasteiger partial charge in [0.1, 0.15) is 0 Å². The first-order chi connectivity index (χ1) is 8.88. The Morgan fingerprint density at radius 3 is 2.58 bits per heavy atom. The van der Waals surface area contributed by atoms with Crippen LogP contribution in [0.15, 0.2) is 6.07 Å². The number of hydrogen-bond acceptors (Lipinski definition) is 3. The number of nitrogens with zero attached hydrogens (tertiary/aromatic N) is 3. The Balaban J connectivity index is 2.13. The predicted octanol–water partition coefficient (Wildman–Crippen LogP) is 4.44. The molecule has 3 nitrogen and oxygen atoms in total. The molecule has 0 amide bonds. The van der Waals surface area contributed by atoms with Crippen LogP contribution in [0.5, 0.6) is 0 Å². The lowest BCUT2D eigenvalue weighted by Gasteiger charge is -2.30. The highest BCUT2D eigenvalue weighted by atomic mass is 35.5. The van der Waals surface area contributed by atoms with E-state index in [-0.39, 0.29) is 0 Å². The molecule has 0 aromatic carbocycles. The summed E-state index contributed by atoms with van der Waals surface area (Å²) in [6.45, 7) is 8.99. The van der Waals surface area contributed by atoms with Crippen molar-refractivity contribution >= 4 is 28.9 Å².